The molecule has 6 N–H and O–H groups in total. The standard InChI is InChI=1S/C20H15NO10S3/c21-18-16(12-6-5-10-3-1-2-4-11(10)7-12)20(34(29,30)31)19(33(26,27)28)14-8-13(32(23,24)25)9-15(22)17(14)18/h1-9,22H,21H2,(H,23,24,25)(H,26,27,28)(H,29,30,31). The van der Waals surface area contributed by atoms with Gasteiger partial charge in [-0.05, 0) is 28.5 Å². The van der Waals surface area contributed by atoms with Crippen molar-refractivity contribution in [2.24, 2.45) is 0 Å². The second kappa shape index (κ2) is 7.63. The molecule has 0 aromatic heterocycles. The van der Waals surface area contributed by atoms with E-state index in [1.54, 1.807) is 30.3 Å². The first-order valence-electron chi connectivity index (χ1n) is 9.14. The van der Waals surface area contributed by atoms with Crippen molar-refractivity contribution in [2.75, 3.05) is 5.73 Å². The first-order valence-corrected chi connectivity index (χ1v) is 13.5. The third-order valence-corrected chi connectivity index (χ3v) is 7.98. The van der Waals surface area contributed by atoms with Gasteiger partial charge in [0.15, 0.2) is 0 Å². The summed E-state index contributed by atoms with van der Waals surface area (Å²) in [6.07, 6.45) is 0. The molecule has 4 rings (SSSR count). The molecule has 0 aliphatic carbocycles. The van der Waals surface area contributed by atoms with Gasteiger partial charge in [-0.2, -0.15) is 25.3 Å². The molecule has 11 nitrogen and oxygen atoms in total. The molecule has 0 unspecified atom stereocenters. The second-order valence-corrected chi connectivity index (χ2v) is 11.4. The Morgan fingerprint density at radius 1 is 0.676 bits per heavy atom. The zero-order valence-corrected chi connectivity index (χ0v) is 19.2. The zero-order valence-electron chi connectivity index (χ0n) is 16.7. The van der Waals surface area contributed by atoms with E-state index in [-0.39, 0.29) is 5.56 Å². The summed E-state index contributed by atoms with van der Waals surface area (Å²) in [4.78, 5) is -3.77. The SMILES string of the molecule is Nc1c(-c2ccc3ccccc3c2)c(S(=O)(=O)O)c(S(=O)(=O)O)c2cc(S(=O)(=O)O)cc(O)c12. The molecule has 0 fully saturated rings. The van der Waals surface area contributed by atoms with Gasteiger partial charge >= 0.3 is 0 Å². The number of nitrogens with two attached hydrogens (primary N) is 1. The predicted octanol–water partition coefficient (Wildman–Crippen LogP) is 2.69. The van der Waals surface area contributed by atoms with Crippen molar-refractivity contribution in [3.63, 3.8) is 0 Å². The van der Waals surface area contributed by atoms with E-state index in [0.717, 1.165) is 5.39 Å². The van der Waals surface area contributed by atoms with Crippen LogP contribution in [0.5, 0.6) is 5.75 Å². The van der Waals surface area contributed by atoms with Crippen molar-refractivity contribution < 1.29 is 44.0 Å². The highest BCUT2D eigenvalue weighted by atomic mass is 32.2. The number of hydrogen-bond acceptors (Lipinski definition) is 8. The van der Waals surface area contributed by atoms with Crippen molar-refractivity contribution in [1.29, 1.82) is 0 Å². The molecule has 0 amide bonds. The number of anilines is 1. The van der Waals surface area contributed by atoms with Crippen molar-refractivity contribution in [2.45, 2.75) is 14.7 Å². The van der Waals surface area contributed by atoms with E-state index in [1.165, 1.54) is 12.1 Å². The molecule has 0 radical (unpaired) electrons. The van der Waals surface area contributed by atoms with Gasteiger partial charge in [-0.3, -0.25) is 13.7 Å². The summed E-state index contributed by atoms with van der Waals surface area (Å²) >= 11 is 0. The minimum atomic E-state index is -5.49. The molecular formula is C20H15NO10S3. The van der Waals surface area contributed by atoms with Crippen molar-refractivity contribution in [1.82, 2.24) is 0 Å². The van der Waals surface area contributed by atoms with Crippen molar-refractivity contribution in [3.05, 3.63) is 54.6 Å². The van der Waals surface area contributed by atoms with Gasteiger partial charge in [-0.25, -0.2) is 0 Å². The fourth-order valence-electron chi connectivity index (χ4n) is 3.83. The Kier molecular flexibility index (Phi) is 5.35. The van der Waals surface area contributed by atoms with Crippen molar-refractivity contribution >= 4 is 57.6 Å². The number of phenolic OH excluding ortho intramolecular Hbond substituents is 1. The summed E-state index contributed by atoms with van der Waals surface area (Å²) in [5.74, 6) is -0.934. The monoisotopic (exact) mass is 525 g/mol. The van der Waals surface area contributed by atoms with Crippen LogP contribution >= 0.6 is 0 Å². The minimum absolute atomic E-state index is 0.00822. The minimum Gasteiger partial charge on any atom is -0.507 e. The Hall–Kier alpha value is -3.27. The Morgan fingerprint density at radius 2 is 1.26 bits per heavy atom. The van der Waals surface area contributed by atoms with E-state index >= 15 is 0 Å². The van der Waals surface area contributed by atoms with Crippen LogP contribution < -0.4 is 5.73 Å². The molecule has 4 aromatic rings. The summed E-state index contributed by atoms with van der Waals surface area (Å²) in [7, 11) is -15.9. The Bertz CT molecular complexity index is 1850. The molecule has 0 aliphatic rings. The third-order valence-electron chi connectivity index (χ3n) is 5.16. The summed E-state index contributed by atoms with van der Waals surface area (Å²) in [6, 6.07) is 12.3. The van der Waals surface area contributed by atoms with E-state index < -0.39 is 72.8 Å². The average Bonchev–Trinajstić information content (AvgIpc) is 2.70. The van der Waals surface area contributed by atoms with Gasteiger partial charge in [0.1, 0.15) is 15.5 Å². The molecule has 4 aromatic carbocycles. The van der Waals surface area contributed by atoms with Crippen LogP contribution in [0.2, 0.25) is 0 Å². The van der Waals surface area contributed by atoms with Gasteiger partial charge in [0, 0.05) is 22.4 Å². The van der Waals surface area contributed by atoms with Gasteiger partial charge in [0.05, 0.1) is 10.6 Å². The van der Waals surface area contributed by atoms with Crippen LogP contribution in [0.15, 0.2) is 69.3 Å². The number of nitrogen functional groups attached to an aromatic ring is 1. The zero-order chi connectivity index (χ0) is 25.2. The summed E-state index contributed by atoms with van der Waals surface area (Å²) in [5, 5.41) is 10.4. The topological polar surface area (TPSA) is 209 Å². The lowest BCUT2D eigenvalue weighted by Gasteiger charge is -2.19. The Balaban J connectivity index is 2.35. The van der Waals surface area contributed by atoms with Crippen LogP contribution in [-0.4, -0.2) is 44.0 Å². The maximum Gasteiger partial charge on any atom is 0.296 e. The summed E-state index contributed by atoms with van der Waals surface area (Å²) < 4.78 is 102. The molecular weight excluding hydrogens is 510 g/mol. The van der Waals surface area contributed by atoms with Crippen LogP contribution in [0.1, 0.15) is 0 Å². The average molecular weight is 526 g/mol. The van der Waals surface area contributed by atoms with Crippen molar-refractivity contribution in [3.8, 4) is 16.9 Å². The number of benzene rings is 4. The van der Waals surface area contributed by atoms with Crippen LogP contribution in [0, 0.1) is 0 Å². The molecule has 0 saturated carbocycles. The lowest BCUT2D eigenvalue weighted by atomic mass is 9.96. The van der Waals surface area contributed by atoms with Gasteiger partial charge < -0.3 is 10.8 Å². The normalized spacial score (nSPS) is 12.9. The van der Waals surface area contributed by atoms with E-state index in [4.69, 9.17) is 5.73 Å². The molecule has 34 heavy (non-hydrogen) atoms. The van der Waals surface area contributed by atoms with Crippen LogP contribution in [0.4, 0.5) is 5.69 Å². The highest BCUT2D eigenvalue weighted by molar-refractivity contribution is 7.89. The Labute approximate surface area is 193 Å². The maximum absolute atomic E-state index is 12.4. The molecule has 178 valence electrons. The predicted molar refractivity (Wildman–Crippen MR) is 122 cm³/mol. The van der Waals surface area contributed by atoms with E-state index in [9.17, 15) is 44.0 Å². The second-order valence-electron chi connectivity index (χ2n) is 7.30. The highest BCUT2D eigenvalue weighted by Crippen LogP contribution is 2.47. The fourth-order valence-corrected chi connectivity index (χ4v) is 6.59. The van der Waals surface area contributed by atoms with Gasteiger partial charge in [0.25, 0.3) is 30.4 Å². The molecule has 0 heterocycles. The first-order chi connectivity index (χ1) is 15.6. The Morgan fingerprint density at radius 3 is 1.82 bits per heavy atom. The molecule has 0 atom stereocenters. The van der Waals surface area contributed by atoms with Gasteiger partial charge in [-0.1, -0.05) is 36.4 Å². The number of aromatic hydroxyl groups is 1. The number of fused-ring (bicyclic) bond motifs is 2. The number of hydrogen-bond donors (Lipinski definition) is 5. The summed E-state index contributed by atoms with van der Waals surface area (Å²) in [6.45, 7) is 0. The highest BCUT2D eigenvalue weighted by Gasteiger charge is 2.34. The van der Waals surface area contributed by atoms with Crippen LogP contribution in [0.25, 0.3) is 32.7 Å². The van der Waals surface area contributed by atoms with E-state index in [2.05, 4.69) is 0 Å². The molecule has 0 spiro atoms. The first kappa shape index (κ1) is 23.9. The van der Waals surface area contributed by atoms with Gasteiger partial charge in [0.2, 0.25) is 0 Å². The third kappa shape index (κ3) is 3.96. The summed E-state index contributed by atoms with van der Waals surface area (Å²) in [5.41, 5.74) is 5.06. The van der Waals surface area contributed by atoms with E-state index in [0.29, 0.717) is 17.5 Å². The molecule has 0 saturated heterocycles. The van der Waals surface area contributed by atoms with E-state index in [1.807, 2.05) is 0 Å². The van der Waals surface area contributed by atoms with Crippen LogP contribution in [0.3, 0.4) is 0 Å². The smallest absolute Gasteiger partial charge is 0.296 e. The molecule has 0 aliphatic heterocycles. The lowest BCUT2D eigenvalue weighted by molar-refractivity contribution is 0.466. The van der Waals surface area contributed by atoms with Crippen LogP contribution in [-0.2, 0) is 30.4 Å². The quantitative estimate of drug-likeness (QED) is 0.193. The largest absolute Gasteiger partial charge is 0.507 e. The molecule has 14 heteroatoms. The number of phenols is 1. The fraction of sp³-hybridized carbons (Fsp3) is 0. The lowest BCUT2D eigenvalue weighted by Crippen LogP contribution is -2.13. The number of rotatable bonds is 4. The van der Waals surface area contributed by atoms with Gasteiger partial charge in [-0.15, -0.1) is 0 Å². The molecule has 0 bridgehead atoms. The maximum atomic E-state index is 12.4.